The van der Waals surface area contributed by atoms with Gasteiger partial charge in [-0.05, 0) is 47.4 Å². The van der Waals surface area contributed by atoms with Crippen LogP contribution in [0.2, 0.25) is 0 Å². The summed E-state index contributed by atoms with van der Waals surface area (Å²) < 4.78 is 0. The first kappa shape index (κ1) is 28.4. The van der Waals surface area contributed by atoms with E-state index in [1.54, 1.807) is 53.4 Å². The molecule has 4 aliphatic rings. The monoisotopic (exact) mass is 626 g/mol. The van der Waals surface area contributed by atoms with Crippen LogP contribution in [0.3, 0.4) is 0 Å². The number of aliphatic hydroxyl groups is 1. The average molecular weight is 627 g/mol. The Hall–Kier alpha value is -5.85. The number of amides is 1. The highest BCUT2D eigenvalue weighted by Gasteiger charge is 2.77. The van der Waals surface area contributed by atoms with Crippen molar-refractivity contribution in [3.63, 3.8) is 0 Å². The van der Waals surface area contributed by atoms with Crippen LogP contribution >= 0.6 is 0 Å². The molecule has 0 radical (unpaired) electrons. The molecule has 2 atom stereocenters. The molecule has 2 unspecified atom stereocenters. The first-order valence-electron chi connectivity index (χ1n) is 16.1. The topological polar surface area (TPSA) is 77.9 Å². The fourth-order valence-electron chi connectivity index (χ4n) is 8.46. The van der Waals surface area contributed by atoms with E-state index in [-0.39, 0.29) is 28.3 Å². The van der Waals surface area contributed by atoms with E-state index in [2.05, 4.69) is 0 Å². The lowest BCUT2D eigenvalue weighted by atomic mass is 9.60. The number of rotatable bonds is 3. The molecule has 6 heteroatoms. The Kier molecular flexibility index (Phi) is 5.96. The molecular formula is C42H30N2O4. The molecule has 3 aliphatic heterocycles. The summed E-state index contributed by atoms with van der Waals surface area (Å²) in [5.74, 6) is -1.22. The van der Waals surface area contributed by atoms with E-state index in [1.807, 2.05) is 103 Å². The number of benzene rings is 5. The number of Topliss-reactive ketones (excluding diaryl/α,β-unsaturated/α-hetero) is 2. The molecule has 1 amide bonds. The number of nitrogens with zero attached hydrogens (tertiary/aromatic N) is 2. The Morgan fingerprint density at radius 1 is 0.708 bits per heavy atom. The third-order valence-electron chi connectivity index (χ3n) is 10.5. The van der Waals surface area contributed by atoms with Crippen molar-refractivity contribution >= 4 is 34.8 Å². The number of carbonyl (C=O) groups excluding carboxylic acids is 3. The van der Waals surface area contributed by atoms with Crippen LogP contribution in [0.5, 0.6) is 0 Å². The summed E-state index contributed by atoms with van der Waals surface area (Å²) in [5.41, 5.74) is 1.98. The zero-order valence-electron chi connectivity index (χ0n) is 26.1. The van der Waals surface area contributed by atoms with Crippen LogP contribution in [0.15, 0.2) is 139 Å². The van der Waals surface area contributed by atoms with Crippen LogP contribution in [0.4, 0.5) is 5.69 Å². The molecule has 48 heavy (non-hydrogen) atoms. The maximum absolute atomic E-state index is 15.2. The van der Waals surface area contributed by atoms with Crippen LogP contribution in [0.1, 0.15) is 60.1 Å². The van der Waals surface area contributed by atoms with Crippen LogP contribution in [-0.2, 0) is 16.9 Å². The van der Waals surface area contributed by atoms with Gasteiger partial charge < -0.3 is 14.9 Å². The van der Waals surface area contributed by atoms with E-state index in [0.717, 1.165) is 22.3 Å². The summed E-state index contributed by atoms with van der Waals surface area (Å²) in [6, 6.07) is 38.1. The minimum atomic E-state index is -2.23. The highest BCUT2D eigenvalue weighted by molar-refractivity contribution is 6.35. The summed E-state index contributed by atoms with van der Waals surface area (Å²) >= 11 is 0. The second-order valence-electron chi connectivity index (χ2n) is 13.0. The minimum absolute atomic E-state index is 0.228. The summed E-state index contributed by atoms with van der Waals surface area (Å²) in [5, 5.41) is 13.8. The fraction of sp³-hybridized carbons (Fsp3) is 0.119. The van der Waals surface area contributed by atoms with E-state index in [4.69, 9.17) is 0 Å². The molecule has 0 bridgehead atoms. The van der Waals surface area contributed by atoms with Gasteiger partial charge in [0, 0.05) is 22.9 Å². The van der Waals surface area contributed by atoms with Crippen molar-refractivity contribution in [1.82, 2.24) is 4.90 Å². The maximum atomic E-state index is 15.2. The van der Waals surface area contributed by atoms with Crippen molar-refractivity contribution in [2.24, 2.45) is 5.41 Å². The van der Waals surface area contributed by atoms with E-state index >= 15 is 14.4 Å². The number of fused-ring (bicyclic) bond motifs is 6. The first-order chi connectivity index (χ1) is 23.4. The second kappa shape index (κ2) is 10.1. The van der Waals surface area contributed by atoms with E-state index in [0.29, 0.717) is 23.4 Å². The van der Waals surface area contributed by atoms with Crippen molar-refractivity contribution in [2.75, 3.05) is 4.90 Å². The van der Waals surface area contributed by atoms with Gasteiger partial charge in [0.2, 0.25) is 0 Å². The van der Waals surface area contributed by atoms with E-state index in [1.165, 1.54) is 0 Å². The number of anilines is 1. The molecule has 6 nitrogen and oxygen atoms in total. The predicted octanol–water partition coefficient (Wildman–Crippen LogP) is 7.25. The summed E-state index contributed by atoms with van der Waals surface area (Å²) in [7, 11) is 0. The average Bonchev–Trinajstić information content (AvgIpc) is 3.62. The van der Waals surface area contributed by atoms with Crippen molar-refractivity contribution < 1.29 is 19.5 Å². The molecule has 0 saturated carbocycles. The molecule has 1 fully saturated rings. The molecule has 0 aromatic heterocycles. The number of hydrogen-bond acceptors (Lipinski definition) is 5. The molecule has 232 valence electrons. The van der Waals surface area contributed by atoms with Gasteiger partial charge >= 0.3 is 0 Å². The lowest BCUT2D eigenvalue weighted by Gasteiger charge is -2.40. The SMILES string of the molecule is Cc1ccc2c(c1)/C(=C1\N3C=Cc4ccccc4C3C3(C(=O)c4ccccc4C3=O)C1(O)c1ccccc1)C(=O)N2Cc1ccccc1. The molecule has 1 N–H and O–H groups in total. The predicted molar refractivity (Wildman–Crippen MR) is 184 cm³/mol. The smallest absolute Gasteiger partial charge is 0.261 e. The lowest BCUT2D eigenvalue weighted by Crippen LogP contribution is -2.53. The van der Waals surface area contributed by atoms with Crippen molar-refractivity contribution in [3.8, 4) is 0 Å². The fourth-order valence-corrected chi connectivity index (χ4v) is 8.46. The highest BCUT2D eigenvalue weighted by atomic mass is 16.3. The van der Waals surface area contributed by atoms with Crippen molar-refractivity contribution in [1.29, 1.82) is 0 Å². The van der Waals surface area contributed by atoms with Gasteiger partial charge in [-0.2, -0.15) is 0 Å². The Morgan fingerprint density at radius 2 is 1.33 bits per heavy atom. The number of aryl methyl sites for hydroxylation is 1. The summed E-state index contributed by atoms with van der Waals surface area (Å²) in [6.07, 6.45) is 3.75. The van der Waals surface area contributed by atoms with Gasteiger partial charge in [0.05, 0.1) is 29.5 Å². The van der Waals surface area contributed by atoms with E-state index < -0.39 is 28.6 Å². The highest BCUT2D eigenvalue weighted by Crippen LogP contribution is 2.69. The third kappa shape index (κ3) is 3.47. The van der Waals surface area contributed by atoms with Crippen LogP contribution in [0.25, 0.3) is 11.6 Å². The van der Waals surface area contributed by atoms with Crippen LogP contribution < -0.4 is 4.90 Å². The van der Waals surface area contributed by atoms with Crippen molar-refractivity contribution in [2.45, 2.75) is 25.1 Å². The third-order valence-corrected chi connectivity index (χ3v) is 10.5. The van der Waals surface area contributed by atoms with Gasteiger partial charge in [0.1, 0.15) is 0 Å². The Bertz CT molecular complexity index is 2240. The zero-order valence-corrected chi connectivity index (χ0v) is 26.1. The van der Waals surface area contributed by atoms with Gasteiger partial charge in [-0.3, -0.25) is 14.4 Å². The maximum Gasteiger partial charge on any atom is 0.261 e. The Morgan fingerprint density at radius 3 is 2.04 bits per heavy atom. The standard InChI is InChI=1S/C42H30N2O4/c1-26-20-21-34-33(24-26)35(40(47)44(34)25-27-12-4-2-5-13-27)37-42(48,29-15-6-3-7-16-29)41(38(45)31-18-10-11-19-32(31)39(41)46)36-30-17-9-8-14-28(30)22-23-43(36)37/h2-24,36,48H,25H2,1H3/b37-35+. The number of hydrogen-bond donors (Lipinski definition) is 1. The van der Waals surface area contributed by atoms with Crippen LogP contribution in [-0.4, -0.2) is 27.5 Å². The summed E-state index contributed by atoms with van der Waals surface area (Å²) in [6.45, 7) is 2.28. The molecule has 5 aromatic rings. The molecule has 1 aliphatic carbocycles. The largest absolute Gasteiger partial charge is 0.377 e. The number of ketones is 2. The van der Waals surface area contributed by atoms with E-state index in [9.17, 15) is 5.11 Å². The second-order valence-corrected chi connectivity index (χ2v) is 13.0. The molecule has 1 spiro atoms. The lowest BCUT2D eigenvalue weighted by molar-refractivity contribution is -0.113. The van der Waals surface area contributed by atoms with Gasteiger partial charge in [-0.25, -0.2) is 0 Å². The normalized spacial score (nSPS) is 23.0. The van der Waals surface area contributed by atoms with Gasteiger partial charge in [0.15, 0.2) is 22.6 Å². The molecule has 3 heterocycles. The molecular weight excluding hydrogens is 596 g/mol. The molecule has 9 rings (SSSR count). The van der Waals surface area contributed by atoms with Crippen molar-refractivity contribution in [3.05, 3.63) is 184 Å². The minimum Gasteiger partial charge on any atom is -0.377 e. The quantitative estimate of drug-likeness (QED) is 0.169. The Balaban J connectivity index is 1.42. The zero-order chi connectivity index (χ0) is 32.8. The Labute approximate surface area is 277 Å². The van der Waals surface area contributed by atoms with Gasteiger partial charge in [-0.1, -0.05) is 121 Å². The van der Waals surface area contributed by atoms with Crippen LogP contribution in [0, 0.1) is 12.3 Å². The van der Waals surface area contributed by atoms with Gasteiger partial charge in [-0.15, -0.1) is 0 Å². The number of carbonyl (C=O) groups is 3. The first-order valence-corrected chi connectivity index (χ1v) is 16.1. The summed E-state index contributed by atoms with van der Waals surface area (Å²) in [4.78, 5) is 49.0. The molecule has 5 aromatic carbocycles. The van der Waals surface area contributed by atoms with Gasteiger partial charge in [0.25, 0.3) is 5.91 Å². The molecule has 1 saturated heterocycles.